The minimum absolute atomic E-state index is 0.0305. The summed E-state index contributed by atoms with van der Waals surface area (Å²) in [7, 11) is 0. The highest BCUT2D eigenvalue weighted by Gasteiger charge is 2.21. The first-order valence-electron chi connectivity index (χ1n) is 8.00. The van der Waals surface area contributed by atoms with Crippen LogP contribution in [0.15, 0.2) is 47.6 Å². The lowest BCUT2D eigenvalue weighted by Crippen LogP contribution is -2.32. The molecule has 0 aromatic heterocycles. The Morgan fingerprint density at radius 1 is 1.19 bits per heavy atom. The molecule has 0 bridgehead atoms. The van der Waals surface area contributed by atoms with Gasteiger partial charge >= 0.3 is 6.03 Å². The number of nitrogens with one attached hydrogen (secondary N) is 3. The molecule has 0 spiro atoms. The lowest BCUT2D eigenvalue weighted by molar-refractivity contribution is -0.121. The maximum absolute atomic E-state index is 12.1. The van der Waals surface area contributed by atoms with Gasteiger partial charge in [-0.05, 0) is 24.3 Å². The minimum atomic E-state index is -0.574. The molecule has 8 nitrogen and oxygen atoms in total. The van der Waals surface area contributed by atoms with Crippen molar-refractivity contribution in [3.63, 3.8) is 0 Å². The van der Waals surface area contributed by atoms with Crippen molar-refractivity contribution in [1.82, 2.24) is 5.43 Å². The predicted octanol–water partition coefficient (Wildman–Crippen LogP) is 2.60. The van der Waals surface area contributed by atoms with Gasteiger partial charge in [0.2, 0.25) is 5.91 Å². The summed E-state index contributed by atoms with van der Waals surface area (Å²) in [5.41, 5.74) is 4.60. The highest BCUT2D eigenvalue weighted by Crippen LogP contribution is 2.32. The van der Waals surface area contributed by atoms with Crippen LogP contribution in [0.25, 0.3) is 0 Å². The van der Waals surface area contributed by atoms with Crippen molar-refractivity contribution in [2.24, 2.45) is 11.0 Å². The molecule has 1 unspecified atom stereocenters. The van der Waals surface area contributed by atoms with Crippen LogP contribution in [0.4, 0.5) is 16.2 Å². The van der Waals surface area contributed by atoms with E-state index in [1.54, 1.807) is 18.2 Å². The van der Waals surface area contributed by atoms with E-state index in [2.05, 4.69) is 21.2 Å². The van der Waals surface area contributed by atoms with Crippen molar-refractivity contribution >= 4 is 29.0 Å². The summed E-state index contributed by atoms with van der Waals surface area (Å²) in [6, 6.07) is 10.8. The number of aromatic hydroxyl groups is 2. The molecular weight excluding hydrogens is 336 g/mol. The Hall–Kier alpha value is -3.55. The molecule has 0 saturated carbocycles. The molecule has 26 heavy (non-hydrogen) atoms. The van der Waals surface area contributed by atoms with Crippen molar-refractivity contribution in [2.45, 2.75) is 13.3 Å². The number of hydrazone groups is 1. The molecule has 0 fully saturated rings. The van der Waals surface area contributed by atoms with Gasteiger partial charge in [0.25, 0.3) is 0 Å². The van der Waals surface area contributed by atoms with Gasteiger partial charge in [-0.2, -0.15) is 5.10 Å². The quantitative estimate of drug-likeness (QED) is 0.544. The summed E-state index contributed by atoms with van der Waals surface area (Å²) in [4.78, 5) is 23.5. The number of para-hydroxylation sites is 1. The molecule has 1 aliphatic rings. The van der Waals surface area contributed by atoms with E-state index in [9.17, 15) is 19.8 Å². The second-order valence-electron chi connectivity index (χ2n) is 5.97. The fraction of sp³-hybridized carbons (Fsp3) is 0.167. The molecule has 0 radical (unpaired) electrons. The molecule has 1 aliphatic heterocycles. The Bertz CT molecular complexity index is 895. The molecule has 134 valence electrons. The number of amides is 3. The van der Waals surface area contributed by atoms with Gasteiger partial charge in [-0.25, -0.2) is 10.2 Å². The van der Waals surface area contributed by atoms with Gasteiger partial charge in [0, 0.05) is 23.6 Å². The van der Waals surface area contributed by atoms with Crippen LogP contribution in [0.3, 0.4) is 0 Å². The number of phenolic OH excluding ortho intramolecular Hbond substituents is 2. The average molecular weight is 354 g/mol. The highest BCUT2D eigenvalue weighted by molar-refractivity contribution is 6.07. The van der Waals surface area contributed by atoms with E-state index >= 15 is 0 Å². The average Bonchev–Trinajstić information content (AvgIpc) is 2.59. The Kier molecular flexibility index (Phi) is 4.74. The number of nitrogens with zero attached hydrogens (tertiary/aromatic N) is 1. The number of carbonyl (C=O) groups is 2. The van der Waals surface area contributed by atoms with Gasteiger partial charge in [0.1, 0.15) is 0 Å². The summed E-state index contributed by atoms with van der Waals surface area (Å²) < 4.78 is 0. The van der Waals surface area contributed by atoms with Crippen LogP contribution >= 0.6 is 0 Å². The van der Waals surface area contributed by atoms with Crippen LogP contribution in [-0.2, 0) is 4.79 Å². The molecule has 3 rings (SSSR count). The number of urea groups is 1. The zero-order valence-corrected chi connectivity index (χ0v) is 14.0. The van der Waals surface area contributed by atoms with Crippen LogP contribution in [0.5, 0.6) is 11.5 Å². The Morgan fingerprint density at radius 2 is 1.96 bits per heavy atom. The third-order valence-electron chi connectivity index (χ3n) is 3.94. The van der Waals surface area contributed by atoms with Crippen LogP contribution < -0.4 is 16.1 Å². The molecule has 3 amide bonds. The predicted molar refractivity (Wildman–Crippen MR) is 97.3 cm³/mol. The molecule has 8 heteroatoms. The highest BCUT2D eigenvalue weighted by atomic mass is 16.3. The van der Waals surface area contributed by atoms with E-state index in [0.717, 1.165) is 11.3 Å². The van der Waals surface area contributed by atoms with Gasteiger partial charge < -0.3 is 20.8 Å². The van der Waals surface area contributed by atoms with Crippen molar-refractivity contribution in [3.8, 4) is 11.5 Å². The van der Waals surface area contributed by atoms with Crippen LogP contribution in [0, 0.1) is 5.92 Å². The monoisotopic (exact) mass is 354 g/mol. The maximum Gasteiger partial charge on any atom is 0.323 e. The van der Waals surface area contributed by atoms with E-state index in [1.807, 2.05) is 13.0 Å². The van der Waals surface area contributed by atoms with E-state index in [-0.39, 0.29) is 23.3 Å². The number of hydrogen-bond donors (Lipinski definition) is 5. The SMILES string of the molecule is CC1CC(=O)NN=C1c1cccc(NC(=O)Nc2cccc(O)c2O)c1. The topological polar surface area (TPSA) is 123 Å². The van der Waals surface area contributed by atoms with Crippen molar-refractivity contribution in [3.05, 3.63) is 48.0 Å². The maximum atomic E-state index is 12.1. The molecule has 2 aromatic rings. The third kappa shape index (κ3) is 3.75. The second kappa shape index (κ2) is 7.14. The lowest BCUT2D eigenvalue weighted by Gasteiger charge is -2.19. The van der Waals surface area contributed by atoms with E-state index in [4.69, 9.17) is 0 Å². The standard InChI is InChI=1S/C18H18N4O4/c1-10-8-15(24)21-22-16(10)11-4-2-5-12(9-11)19-18(26)20-13-6-3-7-14(23)17(13)25/h2-7,9-10,23,25H,8H2,1H3,(H,21,24)(H2,19,20,26). The molecule has 0 saturated heterocycles. The van der Waals surface area contributed by atoms with Crippen molar-refractivity contribution in [2.75, 3.05) is 10.6 Å². The summed E-state index contributed by atoms with van der Waals surface area (Å²) in [5, 5.41) is 28.4. The summed E-state index contributed by atoms with van der Waals surface area (Å²) in [6.07, 6.45) is 0.355. The number of rotatable bonds is 3. The van der Waals surface area contributed by atoms with E-state index in [0.29, 0.717) is 12.1 Å². The fourth-order valence-electron chi connectivity index (χ4n) is 2.68. The largest absolute Gasteiger partial charge is 0.504 e. The zero-order chi connectivity index (χ0) is 18.7. The first kappa shape index (κ1) is 17.3. The minimum Gasteiger partial charge on any atom is -0.504 e. The number of carbonyl (C=O) groups excluding carboxylic acids is 2. The normalized spacial score (nSPS) is 16.4. The summed E-state index contributed by atoms with van der Waals surface area (Å²) >= 11 is 0. The van der Waals surface area contributed by atoms with Crippen LogP contribution in [0.2, 0.25) is 0 Å². The molecule has 0 aliphatic carbocycles. The van der Waals surface area contributed by atoms with Crippen molar-refractivity contribution in [1.29, 1.82) is 0 Å². The molecule has 1 atom stereocenters. The van der Waals surface area contributed by atoms with E-state index in [1.165, 1.54) is 18.2 Å². The third-order valence-corrected chi connectivity index (χ3v) is 3.94. The number of benzene rings is 2. The molecular formula is C18H18N4O4. The van der Waals surface area contributed by atoms with Crippen molar-refractivity contribution < 1.29 is 19.8 Å². The number of phenols is 2. The first-order chi connectivity index (χ1) is 12.4. The van der Waals surface area contributed by atoms with Gasteiger partial charge in [-0.1, -0.05) is 25.1 Å². The van der Waals surface area contributed by atoms with Gasteiger partial charge in [-0.3, -0.25) is 4.79 Å². The number of hydrogen-bond acceptors (Lipinski definition) is 5. The summed E-state index contributed by atoms with van der Waals surface area (Å²) in [5.74, 6) is -0.883. The zero-order valence-electron chi connectivity index (χ0n) is 14.0. The molecule has 2 aromatic carbocycles. The Morgan fingerprint density at radius 3 is 2.73 bits per heavy atom. The Labute approximate surface area is 149 Å². The molecule has 5 N–H and O–H groups in total. The summed E-state index contributed by atoms with van der Waals surface area (Å²) in [6.45, 7) is 1.91. The van der Waals surface area contributed by atoms with Crippen LogP contribution in [0.1, 0.15) is 18.9 Å². The number of anilines is 2. The smallest absolute Gasteiger partial charge is 0.323 e. The van der Waals surface area contributed by atoms with Crippen LogP contribution in [-0.4, -0.2) is 27.9 Å². The fourth-order valence-corrected chi connectivity index (χ4v) is 2.68. The van der Waals surface area contributed by atoms with Gasteiger partial charge in [-0.15, -0.1) is 0 Å². The van der Waals surface area contributed by atoms with Gasteiger partial charge in [0.15, 0.2) is 11.5 Å². The van der Waals surface area contributed by atoms with Gasteiger partial charge in [0.05, 0.1) is 11.4 Å². The first-order valence-corrected chi connectivity index (χ1v) is 8.00. The molecule has 1 heterocycles. The lowest BCUT2D eigenvalue weighted by atomic mass is 9.94. The van der Waals surface area contributed by atoms with E-state index < -0.39 is 11.8 Å². The second-order valence-corrected chi connectivity index (χ2v) is 5.97. The Balaban J connectivity index is 1.73.